The highest BCUT2D eigenvalue weighted by Crippen LogP contribution is 2.31. The number of likely N-dealkylation sites (N-methyl/N-ethyl adjacent to an activating group) is 1. The van der Waals surface area contributed by atoms with Crippen LogP contribution in [-0.2, 0) is 7.05 Å². The number of aryl methyl sites for hydroxylation is 3. The average Bonchev–Trinajstić information content (AvgIpc) is 3.28. The van der Waals surface area contributed by atoms with Crippen LogP contribution >= 0.6 is 0 Å². The summed E-state index contributed by atoms with van der Waals surface area (Å²) < 4.78 is 10.0. The molecule has 0 saturated carbocycles. The number of hydrogen-bond acceptors (Lipinski definition) is 7. The van der Waals surface area contributed by atoms with E-state index in [0.717, 1.165) is 58.9 Å². The van der Waals surface area contributed by atoms with E-state index in [9.17, 15) is 0 Å². The molecule has 1 aliphatic heterocycles. The molecular weight excluding hydrogens is 404 g/mol. The summed E-state index contributed by atoms with van der Waals surface area (Å²) in [6.45, 7) is 8.94. The van der Waals surface area contributed by atoms with Crippen molar-refractivity contribution in [3.8, 4) is 17.0 Å². The molecule has 0 aliphatic carbocycles. The summed E-state index contributed by atoms with van der Waals surface area (Å²) in [6, 6.07) is 6.45. The molecule has 166 valence electrons. The second-order valence-electron chi connectivity index (χ2n) is 8.24. The van der Waals surface area contributed by atoms with Crippen molar-refractivity contribution in [3.63, 3.8) is 0 Å². The molecule has 9 nitrogen and oxygen atoms in total. The molecule has 32 heavy (non-hydrogen) atoms. The van der Waals surface area contributed by atoms with Crippen molar-refractivity contribution >= 4 is 17.3 Å². The topological polar surface area (TPSA) is 85.4 Å². The maximum atomic E-state index is 6.19. The van der Waals surface area contributed by atoms with Crippen LogP contribution in [0.1, 0.15) is 24.9 Å². The highest BCUT2D eigenvalue weighted by molar-refractivity contribution is 5.68. The SMILES string of the molecule is CCN1CC[C@@H]1COc1cnn(C)c1-c1ccc2nc(Nc3cc(C)nc(C)n3)cn2c1. The summed E-state index contributed by atoms with van der Waals surface area (Å²) in [5, 5.41) is 7.72. The first-order chi connectivity index (χ1) is 15.5. The molecule has 0 unspecified atom stereocenters. The zero-order valence-electron chi connectivity index (χ0n) is 18.9. The molecule has 4 aromatic rings. The summed E-state index contributed by atoms with van der Waals surface area (Å²) in [5.41, 5.74) is 3.74. The second kappa shape index (κ2) is 8.23. The molecule has 1 aliphatic rings. The lowest BCUT2D eigenvalue weighted by Gasteiger charge is -2.39. The zero-order chi connectivity index (χ0) is 22.2. The Morgan fingerprint density at radius 2 is 2.00 bits per heavy atom. The lowest BCUT2D eigenvalue weighted by molar-refractivity contribution is 0.0563. The maximum absolute atomic E-state index is 6.19. The monoisotopic (exact) mass is 432 g/mol. The second-order valence-corrected chi connectivity index (χ2v) is 8.24. The molecule has 1 fully saturated rings. The third kappa shape index (κ3) is 3.91. The quantitative estimate of drug-likeness (QED) is 0.479. The van der Waals surface area contributed by atoms with Crippen LogP contribution in [0.2, 0.25) is 0 Å². The van der Waals surface area contributed by atoms with Gasteiger partial charge < -0.3 is 14.5 Å². The first-order valence-corrected chi connectivity index (χ1v) is 11.0. The number of hydrogen-bond donors (Lipinski definition) is 1. The van der Waals surface area contributed by atoms with Crippen LogP contribution in [0.15, 0.2) is 36.8 Å². The maximum Gasteiger partial charge on any atom is 0.165 e. The predicted octanol–water partition coefficient (Wildman–Crippen LogP) is 3.36. The lowest BCUT2D eigenvalue weighted by atomic mass is 10.0. The van der Waals surface area contributed by atoms with Crippen LogP contribution < -0.4 is 10.1 Å². The van der Waals surface area contributed by atoms with E-state index in [1.807, 2.05) is 48.3 Å². The molecule has 0 amide bonds. The fourth-order valence-electron chi connectivity index (χ4n) is 4.24. The highest BCUT2D eigenvalue weighted by Gasteiger charge is 2.27. The van der Waals surface area contributed by atoms with Crippen molar-refractivity contribution in [1.29, 1.82) is 0 Å². The Bertz CT molecular complexity index is 1240. The molecule has 1 N–H and O–H groups in total. The van der Waals surface area contributed by atoms with E-state index in [1.165, 1.54) is 6.42 Å². The van der Waals surface area contributed by atoms with Crippen molar-refractivity contribution in [3.05, 3.63) is 48.3 Å². The van der Waals surface area contributed by atoms with E-state index in [1.54, 1.807) is 6.20 Å². The van der Waals surface area contributed by atoms with Crippen LogP contribution in [-0.4, -0.2) is 59.8 Å². The first-order valence-electron chi connectivity index (χ1n) is 11.0. The van der Waals surface area contributed by atoms with Crippen LogP contribution in [0.4, 0.5) is 11.6 Å². The number of fused-ring (bicyclic) bond motifs is 1. The first kappa shape index (κ1) is 20.4. The van der Waals surface area contributed by atoms with E-state index in [2.05, 4.69) is 49.5 Å². The lowest BCUT2D eigenvalue weighted by Crippen LogP contribution is -2.50. The molecule has 0 radical (unpaired) electrons. The molecule has 4 aromatic heterocycles. The third-order valence-corrected chi connectivity index (χ3v) is 5.96. The number of nitrogens with one attached hydrogen (secondary N) is 1. The zero-order valence-corrected chi connectivity index (χ0v) is 18.9. The Morgan fingerprint density at radius 3 is 2.75 bits per heavy atom. The van der Waals surface area contributed by atoms with Gasteiger partial charge in [0.05, 0.1) is 12.4 Å². The standard InChI is InChI=1S/C23H28N8O/c1-5-30-9-8-18(30)14-32-19-11-24-29(4)23(19)17-6-7-22-28-21(13-31(22)12-17)27-20-10-15(2)25-16(3)26-20/h6-7,10-13,18H,5,8-9,14H2,1-4H3,(H,25,26,27)/t18-/m1/s1. The molecule has 5 rings (SSSR count). The number of rotatable bonds is 7. The Balaban J connectivity index is 1.39. The van der Waals surface area contributed by atoms with Crippen LogP contribution in [0, 0.1) is 13.8 Å². The Kier molecular flexibility index (Phi) is 5.26. The van der Waals surface area contributed by atoms with Gasteiger partial charge in [0.2, 0.25) is 0 Å². The number of ether oxygens (including phenoxy) is 1. The number of aromatic nitrogens is 6. The van der Waals surface area contributed by atoms with Crippen LogP contribution in [0.5, 0.6) is 5.75 Å². The van der Waals surface area contributed by atoms with E-state index < -0.39 is 0 Å². The Morgan fingerprint density at radius 1 is 1.12 bits per heavy atom. The van der Waals surface area contributed by atoms with Crippen molar-refractivity contribution < 1.29 is 4.74 Å². The predicted molar refractivity (Wildman–Crippen MR) is 123 cm³/mol. The molecule has 0 aromatic carbocycles. The molecular formula is C23H28N8O. The van der Waals surface area contributed by atoms with Crippen LogP contribution in [0.25, 0.3) is 16.9 Å². The van der Waals surface area contributed by atoms with E-state index >= 15 is 0 Å². The van der Waals surface area contributed by atoms with Gasteiger partial charge >= 0.3 is 0 Å². The van der Waals surface area contributed by atoms with Gasteiger partial charge in [-0.15, -0.1) is 0 Å². The fraction of sp³-hybridized carbons (Fsp3) is 0.391. The van der Waals surface area contributed by atoms with Gasteiger partial charge in [-0.2, -0.15) is 5.10 Å². The van der Waals surface area contributed by atoms with Crippen LogP contribution in [0.3, 0.4) is 0 Å². The molecule has 0 spiro atoms. The molecule has 0 bridgehead atoms. The van der Waals surface area contributed by atoms with Gasteiger partial charge in [-0.3, -0.25) is 9.58 Å². The van der Waals surface area contributed by atoms with E-state index in [-0.39, 0.29) is 0 Å². The fourth-order valence-corrected chi connectivity index (χ4v) is 4.24. The molecule has 9 heteroatoms. The van der Waals surface area contributed by atoms with Gasteiger partial charge in [0.25, 0.3) is 0 Å². The summed E-state index contributed by atoms with van der Waals surface area (Å²) in [5.74, 6) is 3.00. The minimum absolute atomic E-state index is 0.492. The smallest absolute Gasteiger partial charge is 0.165 e. The van der Waals surface area contributed by atoms with Gasteiger partial charge in [-0.1, -0.05) is 6.92 Å². The van der Waals surface area contributed by atoms with Crippen molar-refractivity contribution in [1.82, 2.24) is 34.0 Å². The molecule has 5 heterocycles. The van der Waals surface area contributed by atoms with Gasteiger partial charge in [0.1, 0.15) is 29.6 Å². The van der Waals surface area contributed by atoms with Crippen molar-refractivity contribution in [2.45, 2.75) is 33.2 Å². The number of imidazole rings is 1. The average molecular weight is 433 g/mol. The third-order valence-electron chi connectivity index (χ3n) is 5.96. The summed E-state index contributed by atoms with van der Waals surface area (Å²) >= 11 is 0. The van der Waals surface area contributed by atoms with Gasteiger partial charge in [0.15, 0.2) is 11.6 Å². The van der Waals surface area contributed by atoms with Gasteiger partial charge in [0, 0.05) is 43.2 Å². The largest absolute Gasteiger partial charge is 0.488 e. The number of likely N-dealkylation sites (tertiary alicyclic amines) is 1. The number of nitrogens with zero attached hydrogens (tertiary/aromatic N) is 7. The summed E-state index contributed by atoms with van der Waals surface area (Å²) in [7, 11) is 1.94. The van der Waals surface area contributed by atoms with Gasteiger partial charge in [-0.05, 0) is 38.9 Å². The highest BCUT2D eigenvalue weighted by atomic mass is 16.5. The molecule has 1 atom stereocenters. The minimum atomic E-state index is 0.492. The summed E-state index contributed by atoms with van der Waals surface area (Å²) in [6.07, 6.45) is 6.99. The minimum Gasteiger partial charge on any atom is -0.488 e. The number of anilines is 2. The Hall–Kier alpha value is -3.46. The normalized spacial score (nSPS) is 16.3. The summed E-state index contributed by atoms with van der Waals surface area (Å²) in [4.78, 5) is 15.9. The Labute approximate surface area is 187 Å². The van der Waals surface area contributed by atoms with Crippen molar-refractivity contribution in [2.75, 3.05) is 25.0 Å². The van der Waals surface area contributed by atoms with E-state index in [4.69, 9.17) is 4.74 Å². The van der Waals surface area contributed by atoms with E-state index in [0.29, 0.717) is 12.6 Å². The molecule has 1 saturated heterocycles. The van der Waals surface area contributed by atoms with Crippen molar-refractivity contribution in [2.24, 2.45) is 7.05 Å². The van der Waals surface area contributed by atoms with Gasteiger partial charge in [-0.25, -0.2) is 15.0 Å². The number of pyridine rings is 1.